The maximum absolute atomic E-state index is 12.2. The van der Waals surface area contributed by atoms with Crippen LogP contribution in [0, 0.1) is 0 Å². The second kappa shape index (κ2) is 9.46. The molecule has 28 heavy (non-hydrogen) atoms. The van der Waals surface area contributed by atoms with Crippen molar-refractivity contribution in [1.29, 1.82) is 0 Å². The summed E-state index contributed by atoms with van der Waals surface area (Å²) in [6, 6.07) is 12.2. The smallest absolute Gasteiger partial charge is 0.251 e. The van der Waals surface area contributed by atoms with E-state index >= 15 is 0 Å². The van der Waals surface area contributed by atoms with Crippen LogP contribution in [-0.4, -0.2) is 31.1 Å². The van der Waals surface area contributed by atoms with Gasteiger partial charge >= 0.3 is 0 Å². The molecule has 2 N–H and O–H groups in total. The number of benzene rings is 2. The summed E-state index contributed by atoms with van der Waals surface area (Å²) in [5.41, 5.74) is 1.39. The van der Waals surface area contributed by atoms with Crippen molar-refractivity contribution in [2.75, 3.05) is 13.2 Å². The van der Waals surface area contributed by atoms with Crippen LogP contribution >= 0.6 is 11.6 Å². The molecule has 1 atom stereocenters. The number of nitrogens with one attached hydrogen (secondary N) is 2. The zero-order chi connectivity index (χ0) is 19.9. The van der Waals surface area contributed by atoms with Crippen LogP contribution in [-0.2, 0) is 11.3 Å². The highest BCUT2D eigenvalue weighted by atomic mass is 35.5. The Bertz CT molecular complexity index is 842. The van der Waals surface area contributed by atoms with E-state index in [1.165, 1.54) is 0 Å². The van der Waals surface area contributed by atoms with Gasteiger partial charge in [0, 0.05) is 31.0 Å². The van der Waals surface area contributed by atoms with Gasteiger partial charge in [-0.15, -0.1) is 0 Å². The average molecular weight is 403 g/mol. The number of hydrogen-bond donors (Lipinski definition) is 2. The molecule has 0 saturated heterocycles. The number of carbonyl (C=O) groups is 2. The van der Waals surface area contributed by atoms with Crippen LogP contribution in [0.25, 0.3) is 0 Å². The third-order valence-corrected chi connectivity index (χ3v) is 4.54. The van der Waals surface area contributed by atoms with Gasteiger partial charge in [-0.25, -0.2) is 0 Å². The normalized spacial score (nSPS) is 13.9. The second-order valence-electron chi connectivity index (χ2n) is 6.68. The summed E-state index contributed by atoms with van der Waals surface area (Å²) in [4.78, 5) is 24.4. The minimum Gasteiger partial charge on any atom is -0.489 e. The van der Waals surface area contributed by atoms with Crippen molar-refractivity contribution >= 4 is 23.4 Å². The Balaban J connectivity index is 1.51. The number of ether oxygens (including phenoxy) is 2. The summed E-state index contributed by atoms with van der Waals surface area (Å²) in [5, 5.41) is 6.14. The molecule has 0 saturated carbocycles. The van der Waals surface area contributed by atoms with E-state index in [0.717, 1.165) is 12.0 Å². The van der Waals surface area contributed by atoms with E-state index in [4.69, 9.17) is 21.1 Å². The van der Waals surface area contributed by atoms with Crippen molar-refractivity contribution in [1.82, 2.24) is 10.6 Å². The number of amides is 2. The molecule has 0 fully saturated rings. The van der Waals surface area contributed by atoms with Crippen LogP contribution in [0.15, 0.2) is 42.5 Å². The highest BCUT2D eigenvalue weighted by molar-refractivity contribution is 6.32. The fraction of sp³-hybridized carbons (Fsp3) is 0.333. The zero-order valence-electron chi connectivity index (χ0n) is 15.7. The monoisotopic (exact) mass is 402 g/mol. The minimum atomic E-state index is -0.292. The van der Waals surface area contributed by atoms with E-state index in [1.807, 2.05) is 12.1 Å². The molecule has 0 spiro atoms. The Hall–Kier alpha value is -2.73. The fourth-order valence-corrected chi connectivity index (χ4v) is 3.17. The van der Waals surface area contributed by atoms with Crippen molar-refractivity contribution in [2.24, 2.45) is 0 Å². The van der Waals surface area contributed by atoms with Crippen molar-refractivity contribution < 1.29 is 19.1 Å². The lowest BCUT2D eigenvalue weighted by Gasteiger charge is -2.15. The molecular weight excluding hydrogens is 380 g/mol. The largest absolute Gasteiger partial charge is 0.489 e. The Morgan fingerprint density at radius 2 is 1.89 bits per heavy atom. The number of rotatable bonds is 6. The molecule has 2 aromatic carbocycles. The Morgan fingerprint density at radius 3 is 2.68 bits per heavy atom. The van der Waals surface area contributed by atoms with E-state index in [1.54, 1.807) is 37.3 Å². The highest BCUT2D eigenvalue weighted by Crippen LogP contribution is 2.37. The maximum Gasteiger partial charge on any atom is 0.251 e. The van der Waals surface area contributed by atoms with E-state index in [-0.39, 0.29) is 24.3 Å². The fourth-order valence-electron chi connectivity index (χ4n) is 2.88. The van der Waals surface area contributed by atoms with Gasteiger partial charge in [0.1, 0.15) is 0 Å². The molecule has 1 unspecified atom stereocenters. The van der Waals surface area contributed by atoms with E-state index in [9.17, 15) is 9.59 Å². The van der Waals surface area contributed by atoms with Gasteiger partial charge in [0.25, 0.3) is 5.91 Å². The van der Waals surface area contributed by atoms with Crippen LogP contribution in [0.2, 0.25) is 5.02 Å². The third-order valence-electron chi connectivity index (χ3n) is 4.26. The molecule has 0 aromatic heterocycles. The van der Waals surface area contributed by atoms with Gasteiger partial charge in [-0.3, -0.25) is 9.59 Å². The molecule has 1 aliphatic heterocycles. The standard InChI is InChI=1S/C21H23ClN2O4/c1-14(24-21(26)16-6-3-2-4-7-16)10-19(25)23-13-15-11-17(22)20-18(12-15)27-8-5-9-28-20/h2-4,6-7,11-12,14H,5,8-10,13H2,1H3,(H,23,25)(H,24,26). The minimum absolute atomic E-state index is 0.163. The molecule has 148 valence electrons. The molecule has 1 heterocycles. The van der Waals surface area contributed by atoms with Crippen LogP contribution in [0.4, 0.5) is 0 Å². The van der Waals surface area contributed by atoms with Gasteiger partial charge in [-0.2, -0.15) is 0 Å². The van der Waals surface area contributed by atoms with Gasteiger partial charge in [-0.1, -0.05) is 29.8 Å². The topological polar surface area (TPSA) is 76.7 Å². The SMILES string of the molecule is CC(CC(=O)NCc1cc(Cl)c2c(c1)OCCCO2)NC(=O)c1ccccc1. The Kier molecular flexibility index (Phi) is 6.76. The number of fused-ring (bicyclic) bond motifs is 1. The first kappa shape index (κ1) is 20.0. The molecule has 1 aliphatic rings. The van der Waals surface area contributed by atoms with E-state index in [2.05, 4.69) is 10.6 Å². The van der Waals surface area contributed by atoms with E-state index in [0.29, 0.717) is 41.8 Å². The molecule has 0 bridgehead atoms. The summed E-state index contributed by atoms with van der Waals surface area (Å²) in [5.74, 6) is 0.781. The van der Waals surface area contributed by atoms with Crippen molar-refractivity contribution in [2.45, 2.75) is 32.4 Å². The van der Waals surface area contributed by atoms with Crippen LogP contribution in [0.1, 0.15) is 35.7 Å². The van der Waals surface area contributed by atoms with Gasteiger partial charge in [0.15, 0.2) is 11.5 Å². The molecule has 2 amide bonds. The molecule has 0 radical (unpaired) electrons. The molecule has 6 nitrogen and oxygen atoms in total. The lowest BCUT2D eigenvalue weighted by atomic mass is 10.1. The Morgan fingerprint density at radius 1 is 1.14 bits per heavy atom. The number of hydrogen-bond acceptors (Lipinski definition) is 4. The predicted octanol–water partition coefficient (Wildman–Crippen LogP) is 3.33. The average Bonchev–Trinajstić information content (AvgIpc) is 2.93. The highest BCUT2D eigenvalue weighted by Gasteiger charge is 2.17. The van der Waals surface area contributed by atoms with E-state index < -0.39 is 0 Å². The first-order valence-electron chi connectivity index (χ1n) is 9.23. The summed E-state index contributed by atoms with van der Waals surface area (Å²) < 4.78 is 11.3. The van der Waals surface area contributed by atoms with Crippen molar-refractivity contribution in [3.05, 3.63) is 58.6 Å². The van der Waals surface area contributed by atoms with Gasteiger partial charge in [0.2, 0.25) is 5.91 Å². The number of carbonyl (C=O) groups excluding carboxylic acids is 2. The molecule has 3 rings (SSSR count). The van der Waals surface area contributed by atoms with Gasteiger partial charge in [-0.05, 0) is 36.8 Å². The molecular formula is C21H23ClN2O4. The number of halogens is 1. The zero-order valence-corrected chi connectivity index (χ0v) is 16.4. The van der Waals surface area contributed by atoms with Crippen molar-refractivity contribution in [3.63, 3.8) is 0 Å². The Labute approximate surface area is 169 Å². The van der Waals surface area contributed by atoms with Crippen LogP contribution < -0.4 is 20.1 Å². The lowest BCUT2D eigenvalue weighted by molar-refractivity contribution is -0.121. The first-order valence-corrected chi connectivity index (χ1v) is 9.61. The maximum atomic E-state index is 12.2. The van der Waals surface area contributed by atoms with Gasteiger partial charge < -0.3 is 20.1 Å². The quantitative estimate of drug-likeness (QED) is 0.777. The van der Waals surface area contributed by atoms with Crippen LogP contribution in [0.5, 0.6) is 11.5 Å². The first-order chi connectivity index (χ1) is 13.5. The second-order valence-corrected chi connectivity index (χ2v) is 7.08. The summed E-state index contributed by atoms with van der Waals surface area (Å²) in [7, 11) is 0. The van der Waals surface area contributed by atoms with Gasteiger partial charge in [0.05, 0.1) is 18.2 Å². The predicted molar refractivity (Wildman–Crippen MR) is 107 cm³/mol. The summed E-state index contributed by atoms with van der Waals surface area (Å²) in [6.07, 6.45) is 0.973. The molecule has 2 aromatic rings. The van der Waals surface area contributed by atoms with Crippen LogP contribution in [0.3, 0.4) is 0 Å². The third kappa shape index (κ3) is 5.39. The molecule has 7 heteroatoms. The van der Waals surface area contributed by atoms with Crippen molar-refractivity contribution in [3.8, 4) is 11.5 Å². The summed E-state index contributed by atoms with van der Waals surface area (Å²) in [6.45, 7) is 3.24. The summed E-state index contributed by atoms with van der Waals surface area (Å²) >= 11 is 6.27. The molecule has 0 aliphatic carbocycles. The lowest BCUT2D eigenvalue weighted by Crippen LogP contribution is -2.37.